The summed E-state index contributed by atoms with van der Waals surface area (Å²) in [5.41, 5.74) is 8.28. The number of ether oxygens (including phenoxy) is 1. The Kier molecular flexibility index (Phi) is 4.54. The summed E-state index contributed by atoms with van der Waals surface area (Å²) in [4.78, 5) is 26.1. The molecule has 29 heavy (non-hydrogen) atoms. The van der Waals surface area contributed by atoms with Gasteiger partial charge in [-0.1, -0.05) is 0 Å². The van der Waals surface area contributed by atoms with Gasteiger partial charge in [-0.05, 0) is 12.5 Å². The summed E-state index contributed by atoms with van der Waals surface area (Å²) < 4.78 is 7.80. The number of nitrogens with two attached hydrogens (primary N) is 1. The Morgan fingerprint density at radius 2 is 2.28 bits per heavy atom. The number of carbonyl (C=O) groups is 1. The third-order valence-electron chi connectivity index (χ3n) is 4.80. The van der Waals surface area contributed by atoms with Crippen LogP contribution >= 0.6 is 11.3 Å². The van der Waals surface area contributed by atoms with E-state index in [0.29, 0.717) is 41.6 Å². The predicted octanol–water partition coefficient (Wildman–Crippen LogP) is 1.51. The molecule has 5 rings (SSSR count). The third kappa shape index (κ3) is 3.39. The lowest BCUT2D eigenvalue weighted by atomic mass is 10.1. The van der Waals surface area contributed by atoms with Crippen molar-refractivity contribution in [3.63, 3.8) is 0 Å². The van der Waals surface area contributed by atoms with Crippen molar-refractivity contribution in [1.82, 2.24) is 24.6 Å². The second kappa shape index (κ2) is 7.35. The molecule has 1 amide bonds. The molecular formula is C18H18N8O2S. The van der Waals surface area contributed by atoms with E-state index < -0.39 is 0 Å². The van der Waals surface area contributed by atoms with Gasteiger partial charge in [-0.3, -0.25) is 4.79 Å². The zero-order chi connectivity index (χ0) is 19.8. The number of amides is 1. The Hall–Kier alpha value is -3.15. The van der Waals surface area contributed by atoms with E-state index in [-0.39, 0.29) is 18.0 Å². The van der Waals surface area contributed by atoms with Crippen LogP contribution in [0.5, 0.6) is 0 Å². The molecule has 4 N–H and O–H groups in total. The molecular weight excluding hydrogens is 392 g/mol. The van der Waals surface area contributed by atoms with Gasteiger partial charge in [0.15, 0.2) is 5.65 Å². The maximum Gasteiger partial charge on any atom is 0.258 e. The van der Waals surface area contributed by atoms with Gasteiger partial charge in [-0.25, -0.2) is 19.5 Å². The molecule has 1 saturated heterocycles. The van der Waals surface area contributed by atoms with Crippen LogP contribution < -0.4 is 16.4 Å². The highest BCUT2D eigenvalue weighted by Gasteiger charge is 2.23. The van der Waals surface area contributed by atoms with Gasteiger partial charge >= 0.3 is 0 Å². The number of carbonyl (C=O) groups excluding carboxylic acids is 1. The quantitative estimate of drug-likeness (QED) is 0.461. The van der Waals surface area contributed by atoms with Gasteiger partial charge in [-0.15, -0.1) is 11.3 Å². The standard InChI is InChI=1S/C18H18N8O2S/c19-11-8-28-5-2-12(11)24-18-21-7-14-15(25-18)10(9-29-14)17(27)23-13-6-22-26-4-1-3-20-16(13)26/h1,3-4,6-7,9,11-12H,2,5,8,19H2,(H,23,27)(H,21,24,25)/t11-,12+/m0/s1. The maximum absolute atomic E-state index is 12.9. The monoisotopic (exact) mass is 410 g/mol. The minimum absolute atomic E-state index is 0.0296. The molecule has 148 valence electrons. The molecule has 4 aromatic heterocycles. The first-order chi connectivity index (χ1) is 14.2. The molecule has 0 radical (unpaired) electrons. The van der Waals surface area contributed by atoms with E-state index in [1.807, 2.05) is 0 Å². The molecule has 1 fully saturated rings. The first-order valence-electron chi connectivity index (χ1n) is 9.13. The number of anilines is 2. The summed E-state index contributed by atoms with van der Waals surface area (Å²) in [5.74, 6) is 0.175. The SMILES string of the molecule is N[C@H]1COCC[C@H]1Nc1ncc2scc(C(=O)Nc3cnn4cccnc34)c2n1. The van der Waals surface area contributed by atoms with Gasteiger partial charge in [0.1, 0.15) is 5.69 Å². The smallest absolute Gasteiger partial charge is 0.258 e. The van der Waals surface area contributed by atoms with Crippen LogP contribution in [0, 0.1) is 0 Å². The molecule has 4 aromatic rings. The molecule has 1 aliphatic rings. The van der Waals surface area contributed by atoms with E-state index >= 15 is 0 Å². The molecule has 11 heteroatoms. The van der Waals surface area contributed by atoms with Crippen LogP contribution in [0.25, 0.3) is 15.9 Å². The lowest BCUT2D eigenvalue weighted by molar-refractivity contribution is 0.0751. The number of thiophene rings is 1. The van der Waals surface area contributed by atoms with E-state index in [1.165, 1.54) is 11.3 Å². The topological polar surface area (TPSA) is 132 Å². The predicted molar refractivity (Wildman–Crippen MR) is 109 cm³/mol. The minimum atomic E-state index is -0.274. The average molecular weight is 410 g/mol. The van der Waals surface area contributed by atoms with Crippen molar-refractivity contribution >= 4 is 44.7 Å². The second-order valence-electron chi connectivity index (χ2n) is 6.73. The van der Waals surface area contributed by atoms with Gasteiger partial charge in [0.05, 0.1) is 34.8 Å². The van der Waals surface area contributed by atoms with Crippen LogP contribution in [0.15, 0.2) is 36.2 Å². The summed E-state index contributed by atoms with van der Waals surface area (Å²) in [6, 6.07) is 1.67. The highest BCUT2D eigenvalue weighted by atomic mass is 32.1. The number of nitrogens with one attached hydrogen (secondary N) is 2. The lowest BCUT2D eigenvalue weighted by Gasteiger charge is -2.29. The van der Waals surface area contributed by atoms with E-state index in [2.05, 4.69) is 30.7 Å². The molecule has 0 aromatic carbocycles. The molecule has 2 atom stereocenters. The maximum atomic E-state index is 12.9. The van der Waals surface area contributed by atoms with Crippen LogP contribution in [-0.2, 0) is 4.74 Å². The number of nitrogens with zero attached hydrogens (tertiary/aromatic N) is 5. The molecule has 0 spiro atoms. The van der Waals surface area contributed by atoms with Gasteiger partial charge in [-0.2, -0.15) is 5.10 Å². The zero-order valence-electron chi connectivity index (χ0n) is 15.3. The number of fused-ring (bicyclic) bond motifs is 2. The Labute approximate surface area is 169 Å². The number of rotatable bonds is 4. The van der Waals surface area contributed by atoms with Crippen LogP contribution in [0.3, 0.4) is 0 Å². The summed E-state index contributed by atoms with van der Waals surface area (Å²) in [6.07, 6.45) is 7.49. The van der Waals surface area contributed by atoms with E-state index in [0.717, 1.165) is 11.1 Å². The molecule has 0 saturated carbocycles. The van der Waals surface area contributed by atoms with E-state index in [4.69, 9.17) is 10.5 Å². The fourth-order valence-electron chi connectivity index (χ4n) is 3.27. The molecule has 0 bridgehead atoms. The van der Waals surface area contributed by atoms with Gasteiger partial charge < -0.3 is 21.1 Å². The van der Waals surface area contributed by atoms with Crippen LogP contribution in [-0.4, -0.2) is 55.8 Å². The van der Waals surface area contributed by atoms with Crippen LogP contribution in [0.4, 0.5) is 11.6 Å². The summed E-state index contributed by atoms with van der Waals surface area (Å²) in [5, 5.41) is 12.1. The van der Waals surface area contributed by atoms with Gasteiger partial charge in [0, 0.05) is 36.5 Å². The highest BCUT2D eigenvalue weighted by molar-refractivity contribution is 7.17. The van der Waals surface area contributed by atoms with Crippen molar-refractivity contribution in [3.05, 3.63) is 41.8 Å². The Balaban J connectivity index is 1.41. The largest absolute Gasteiger partial charge is 0.380 e. The van der Waals surface area contributed by atoms with Crippen LogP contribution in [0.1, 0.15) is 16.8 Å². The average Bonchev–Trinajstić information content (AvgIpc) is 3.34. The summed E-state index contributed by atoms with van der Waals surface area (Å²) >= 11 is 1.42. The van der Waals surface area contributed by atoms with Crippen molar-refractivity contribution < 1.29 is 9.53 Å². The van der Waals surface area contributed by atoms with Crippen LogP contribution in [0.2, 0.25) is 0 Å². The lowest BCUT2D eigenvalue weighted by Crippen LogP contribution is -2.47. The van der Waals surface area contributed by atoms with Crippen molar-refractivity contribution in [3.8, 4) is 0 Å². The first kappa shape index (κ1) is 17.9. The third-order valence-corrected chi connectivity index (χ3v) is 5.71. The van der Waals surface area contributed by atoms with Gasteiger partial charge in [0.25, 0.3) is 5.91 Å². The Bertz CT molecular complexity index is 1190. The number of hydrogen-bond acceptors (Lipinski definition) is 9. The van der Waals surface area contributed by atoms with Crippen molar-refractivity contribution in [2.75, 3.05) is 23.8 Å². The number of hydrogen-bond donors (Lipinski definition) is 3. The molecule has 1 aliphatic heterocycles. The molecule has 5 heterocycles. The first-order valence-corrected chi connectivity index (χ1v) is 10.0. The normalized spacial score (nSPS) is 19.5. The summed E-state index contributed by atoms with van der Waals surface area (Å²) in [6.45, 7) is 1.15. The minimum Gasteiger partial charge on any atom is -0.380 e. The molecule has 0 aliphatic carbocycles. The highest BCUT2D eigenvalue weighted by Crippen LogP contribution is 2.26. The second-order valence-corrected chi connectivity index (χ2v) is 7.65. The van der Waals surface area contributed by atoms with E-state index in [9.17, 15) is 4.79 Å². The fraction of sp³-hybridized carbons (Fsp3) is 0.278. The fourth-order valence-corrected chi connectivity index (χ4v) is 4.11. The van der Waals surface area contributed by atoms with Crippen molar-refractivity contribution in [2.45, 2.75) is 18.5 Å². The number of aromatic nitrogens is 5. The van der Waals surface area contributed by atoms with Gasteiger partial charge in [0.2, 0.25) is 5.95 Å². The Morgan fingerprint density at radius 3 is 3.17 bits per heavy atom. The summed E-state index contributed by atoms with van der Waals surface area (Å²) in [7, 11) is 0. The zero-order valence-corrected chi connectivity index (χ0v) is 16.1. The Morgan fingerprint density at radius 1 is 1.34 bits per heavy atom. The molecule has 0 unspecified atom stereocenters. The van der Waals surface area contributed by atoms with Crippen molar-refractivity contribution in [2.24, 2.45) is 5.73 Å². The van der Waals surface area contributed by atoms with E-state index in [1.54, 1.807) is 40.7 Å². The molecule has 10 nitrogen and oxygen atoms in total. The van der Waals surface area contributed by atoms with Crippen molar-refractivity contribution in [1.29, 1.82) is 0 Å².